The van der Waals surface area contributed by atoms with E-state index >= 15 is 0 Å². The maximum absolute atomic E-state index is 12.9. The zero-order chi connectivity index (χ0) is 24.0. The van der Waals surface area contributed by atoms with Crippen molar-refractivity contribution in [1.29, 1.82) is 0 Å². The molecule has 1 saturated heterocycles. The topological polar surface area (TPSA) is 96.7 Å². The molecular formula is C25H29N5O3S. The van der Waals surface area contributed by atoms with E-state index in [2.05, 4.69) is 14.8 Å². The molecule has 178 valence electrons. The molecule has 1 aromatic heterocycles. The summed E-state index contributed by atoms with van der Waals surface area (Å²) in [6.45, 7) is 0.800. The van der Waals surface area contributed by atoms with Gasteiger partial charge in [-0.25, -0.2) is 4.68 Å². The number of amidine groups is 1. The average Bonchev–Trinajstić information content (AvgIpc) is 3.23. The number of rotatable bonds is 7. The van der Waals surface area contributed by atoms with Crippen molar-refractivity contribution in [2.45, 2.75) is 43.4 Å². The number of nitrogens with one attached hydrogen (secondary N) is 1. The van der Waals surface area contributed by atoms with Crippen LogP contribution in [0.2, 0.25) is 0 Å². The van der Waals surface area contributed by atoms with Crippen LogP contribution >= 0.6 is 0 Å². The number of carbonyl (C=O) groups is 1. The van der Waals surface area contributed by atoms with Gasteiger partial charge < -0.3 is 10.2 Å². The first kappa shape index (κ1) is 23.7. The third-order valence-electron chi connectivity index (χ3n) is 5.77. The fraction of sp³-hybridized carbons (Fsp3) is 0.320. The number of likely N-dealkylation sites (tertiary alicyclic amines) is 1. The number of sulfonamides is 1. The molecule has 0 saturated carbocycles. The highest BCUT2D eigenvalue weighted by atomic mass is 32.2. The Balaban J connectivity index is 1.38. The Morgan fingerprint density at radius 1 is 1.09 bits per heavy atom. The van der Waals surface area contributed by atoms with E-state index in [-0.39, 0.29) is 17.2 Å². The first-order valence-electron chi connectivity index (χ1n) is 11.4. The van der Waals surface area contributed by atoms with Crippen molar-refractivity contribution in [3.63, 3.8) is 0 Å². The summed E-state index contributed by atoms with van der Waals surface area (Å²) < 4.78 is 31.6. The zero-order valence-corrected chi connectivity index (χ0v) is 20.0. The number of aromatic nitrogens is 2. The minimum absolute atomic E-state index is 0.0691. The van der Waals surface area contributed by atoms with Gasteiger partial charge in [0.15, 0.2) is 0 Å². The van der Waals surface area contributed by atoms with Crippen LogP contribution in [-0.2, 0) is 21.2 Å². The molecule has 0 bridgehead atoms. The smallest absolute Gasteiger partial charge is 0.284 e. The number of anilines is 1. The molecule has 4 rings (SSSR count). The van der Waals surface area contributed by atoms with Crippen LogP contribution in [0.1, 0.15) is 37.7 Å². The number of carbonyl (C=O) groups excluding carboxylic acids is 1. The molecule has 2 aromatic carbocycles. The van der Waals surface area contributed by atoms with Crippen molar-refractivity contribution < 1.29 is 13.2 Å². The van der Waals surface area contributed by atoms with Gasteiger partial charge in [-0.1, -0.05) is 30.7 Å². The summed E-state index contributed by atoms with van der Waals surface area (Å²) in [6.07, 6.45) is 8.10. The van der Waals surface area contributed by atoms with Crippen LogP contribution in [0.5, 0.6) is 0 Å². The average molecular weight is 480 g/mol. The lowest BCUT2D eigenvalue weighted by atomic mass is 10.2. The van der Waals surface area contributed by atoms with E-state index < -0.39 is 10.0 Å². The van der Waals surface area contributed by atoms with Crippen molar-refractivity contribution in [3.05, 3.63) is 72.6 Å². The Morgan fingerprint density at radius 2 is 1.91 bits per heavy atom. The predicted molar refractivity (Wildman–Crippen MR) is 133 cm³/mol. The van der Waals surface area contributed by atoms with E-state index in [0.29, 0.717) is 24.4 Å². The van der Waals surface area contributed by atoms with E-state index in [9.17, 15) is 13.2 Å². The largest absolute Gasteiger partial charge is 0.362 e. The number of benzene rings is 2. The number of hydrogen-bond acceptors (Lipinski definition) is 4. The highest BCUT2D eigenvalue weighted by molar-refractivity contribution is 7.90. The molecular weight excluding hydrogens is 450 g/mol. The van der Waals surface area contributed by atoms with E-state index in [1.807, 2.05) is 48.5 Å². The van der Waals surface area contributed by atoms with Gasteiger partial charge in [-0.2, -0.15) is 13.5 Å². The van der Waals surface area contributed by atoms with E-state index in [1.165, 1.54) is 12.1 Å². The van der Waals surface area contributed by atoms with Gasteiger partial charge in [0.25, 0.3) is 10.0 Å². The molecule has 3 aromatic rings. The van der Waals surface area contributed by atoms with Crippen LogP contribution in [0, 0.1) is 0 Å². The molecule has 0 unspecified atom stereocenters. The molecule has 9 heteroatoms. The summed E-state index contributed by atoms with van der Waals surface area (Å²) in [7, 11) is -1.99. The molecule has 1 amide bonds. The molecule has 0 radical (unpaired) electrons. The van der Waals surface area contributed by atoms with Gasteiger partial charge >= 0.3 is 0 Å². The van der Waals surface area contributed by atoms with Crippen molar-refractivity contribution in [3.8, 4) is 5.69 Å². The maximum Gasteiger partial charge on any atom is 0.284 e. The van der Waals surface area contributed by atoms with Crippen molar-refractivity contribution >= 4 is 27.5 Å². The van der Waals surface area contributed by atoms with Gasteiger partial charge in [0.2, 0.25) is 5.91 Å². The third kappa shape index (κ3) is 6.11. The number of amides is 1. The first-order chi connectivity index (χ1) is 16.4. The summed E-state index contributed by atoms with van der Waals surface area (Å²) in [5.74, 6) is 0.389. The molecule has 1 fully saturated rings. The van der Waals surface area contributed by atoms with Crippen LogP contribution in [0.3, 0.4) is 0 Å². The second-order valence-electron chi connectivity index (χ2n) is 8.42. The van der Waals surface area contributed by atoms with Gasteiger partial charge in [0.05, 0.1) is 16.8 Å². The normalized spacial score (nSPS) is 15.8. The molecule has 1 aliphatic rings. The second-order valence-corrected chi connectivity index (χ2v) is 10.0. The van der Waals surface area contributed by atoms with E-state index in [0.717, 1.165) is 37.1 Å². The van der Waals surface area contributed by atoms with Crippen LogP contribution in [-0.4, -0.2) is 48.4 Å². The standard InChI is InChI=1S/C25H29N5O3S/c1-29-16-7-3-6-13-24(29)28-34(32,33)23-12-8-9-21(17-23)27-25(31)15-14-20-18-26-30(19-20)22-10-4-2-5-11-22/h2,4-5,8-12,17-19H,3,6-7,13-16H2,1H3,(H,27,31)/b28-24+. The molecule has 0 spiro atoms. The van der Waals surface area contributed by atoms with E-state index in [1.54, 1.807) is 23.0 Å². The highest BCUT2D eigenvalue weighted by Crippen LogP contribution is 2.20. The van der Waals surface area contributed by atoms with Gasteiger partial charge in [0, 0.05) is 38.3 Å². The Labute approximate surface area is 200 Å². The number of hydrogen-bond donors (Lipinski definition) is 1. The summed E-state index contributed by atoms with van der Waals surface area (Å²) in [6, 6.07) is 16.0. The highest BCUT2D eigenvalue weighted by Gasteiger charge is 2.19. The summed E-state index contributed by atoms with van der Waals surface area (Å²) in [5.41, 5.74) is 2.33. The van der Waals surface area contributed by atoms with Crippen LogP contribution in [0.4, 0.5) is 5.69 Å². The first-order valence-corrected chi connectivity index (χ1v) is 12.9. The lowest BCUT2D eigenvalue weighted by molar-refractivity contribution is -0.116. The minimum Gasteiger partial charge on any atom is -0.362 e. The Bertz CT molecular complexity index is 1270. The summed E-state index contributed by atoms with van der Waals surface area (Å²) in [4.78, 5) is 14.5. The third-order valence-corrected chi connectivity index (χ3v) is 7.07. The predicted octanol–water partition coefficient (Wildman–Crippen LogP) is 4.04. The van der Waals surface area contributed by atoms with Crippen molar-refractivity contribution in [2.75, 3.05) is 18.9 Å². The number of nitrogens with zero attached hydrogens (tertiary/aromatic N) is 4. The van der Waals surface area contributed by atoms with Gasteiger partial charge in [0.1, 0.15) is 5.84 Å². The summed E-state index contributed by atoms with van der Waals surface area (Å²) >= 11 is 0. The molecule has 8 nitrogen and oxygen atoms in total. The zero-order valence-electron chi connectivity index (χ0n) is 19.2. The fourth-order valence-electron chi connectivity index (χ4n) is 3.86. The van der Waals surface area contributed by atoms with E-state index in [4.69, 9.17) is 0 Å². The molecule has 1 aliphatic heterocycles. The second kappa shape index (κ2) is 10.6. The van der Waals surface area contributed by atoms with Crippen LogP contribution in [0.15, 0.2) is 76.3 Å². The summed E-state index contributed by atoms with van der Waals surface area (Å²) in [5, 5.41) is 7.14. The molecule has 2 heterocycles. The van der Waals surface area contributed by atoms with Gasteiger partial charge in [-0.15, -0.1) is 4.40 Å². The van der Waals surface area contributed by atoms with Gasteiger partial charge in [-0.3, -0.25) is 4.79 Å². The Kier molecular flexibility index (Phi) is 7.42. The van der Waals surface area contributed by atoms with Crippen LogP contribution in [0.25, 0.3) is 5.69 Å². The lowest BCUT2D eigenvalue weighted by Crippen LogP contribution is -2.26. The van der Waals surface area contributed by atoms with Crippen molar-refractivity contribution in [1.82, 2.24) is 14.7 Å². The Morgan fingerprint density at radius 3 is 2.74 bits per heavy atom. The minimum atomic E-state index is -3.86. The fourth-order valence-corrected chi connectivity index (χ4v) is 5.00. The SMILES string of the molecule is CN1CCCCC/C1=N\S(=O)(=O)c1cccc(NC(=O)CCc2cnn(-c3ccccc3)c2)c1. The number of aryl methyl sites for hydroxylation is 1. The Hall–Kier alpha value is -3.46. The van der Waals surface area contributed by atoms with Crippen molar-refractivity contribution in [2.24, 2.45) is 4.40 Å². The lowest BCUT2D eigenvalue weighted by Gasteiger charge is -2.17. The molecule has 0 aliphatic carbocycles. The molecule has 34 heavy (non-hydrogen) atoms. The molecule has 1 N–H and O–H groups in total. The monoisotopic (exact) mass is 479 g/mol. The quantitative estimate of drug-likeness (QED) is 0.552. The van der Waals surface area contributed by atoms with Gasteiger partial charge in [-0.05, 0) is 55.2 Å². The molecule has 0 atom stereocenters. The number of para-hydroxylation sites is 1. The van der Waals surface area contributed by atoms with Crippen LogP contribution < -0.4 is 5.32 Å². The maximum atomic E-state index is 12.9.